The van der Waals surface area contributed by atoms with Crippen molar-refractivity contribution in [2.75, 3.05) is 12.4 Å². The number of hydrogen-bond donors (Lipinski definition) is 2. The monoisotopic (exact) mass is 223 g/mol. The number of carbonyl (C=O) groups is 2. The predicted octanol–water partition coefficient (Wildman–Crippen LogP) is 1.53. The number of hydrogen-bond acceptors (Lipinski definition) is 4. The highest BCUT2D eigenvalue weighted by atomic mass is 16.5. The Kier molecular flexibility index (Phi) is 3.88. The third kappa shape index (κ3) is 2.50. The molecule has 1 aromatic carbocycles. The smallest absolute Gasteiger partial charge is 0.341 e. The minimum absolute atomic E-state index is 0.0244. The fourth-order valence-corrected chi connectivity index (χ4v) is 1.16. The Morgan fingerprint density at radius 3 is 2.69 bits per heavy atom. The van der Waals surface area contributed by atoms with Crippen LogP contribution < -0.4 is 5.32 Å². The highest BCUT2D eigenvalue weighted by Crippen LogP contribution is 2.27. The van der Waals surface area contributed by atoms with E-state index in [1.165, 1.54) is 19.2 Å². The van der Waals surface area contributed by atoms with Crippen LogP contribution in [0.2, 0.25) is 0 Å². The number of methoxy groups -OCH3 is 1. The molecule has 16 heavy (non-hydrogen) atoms. The Bertz CT molecular complexity index is 414. The minimum atomic E-state index is -0.648. The molecule has 0 saturated carbocycles. The first-order valence-electron chi connectivity index (χ1n) is 4.80. The van der Waals surface area contributed by atoms with E-state index in [0.717, 1.165) is 0 Å². The van der Waals surface area contributed by atoms with Gasteiger partial charge < -0.3 is 15.2 Å². The summed E-state index contributed by atoms with van der Waals surface area (Å²) in [7, 11) is 1.22. The van der Waals surface area contributed by atoms with E-state index < -0.39 is 5.97 Å². The van der Waals surface area contributed by atoms with Crippen molar-refractivity contribution in [2.45, 2.75) is 13.3 Å². The van der Waals surface area contributed by atoms with E-state index in [1.54, 1.807) is 13.0 Å². The van der Waals surface area contributed by atoms with Crippen LogP contribution in [0, 0.1) is 0 Å². The molecular formula is C11H13NO4. The lowest BCUT2D eigenvalue weighted by Gasteiger charge is -2.08. The van der Waals surface area contributed by atoms with Gasteiger partial charge >= 0.3 is 5.97 Å². The highest BCUT2D eigenvalue weighted by Gasteiger charge is 2.15. The molecule has 0 aliphatic rings. The number of esters is 1. The second kappa shape index (κ2) is 5.16. The Hall–Kier alpha value is -2.04. The molecule has 0 saturated heterocycles. The summed E-state index contributed by atoms with van der Waals surface area (Å²) in [6, 6.07) is 4.48. The summed E-state index contributed by atoms with van der Waals surface area (Å²) in [4.78, 5) is 22.4. The zero-order valence-corrected chi connectivity index (χ0v) is 9.11. The van der Waals surface area contributed by atoms with Crippen molar-refractivity contribution in [1.82, 2.24) is 0 Å². The van der Waals surface area contributed by atoms with E-state index in [9.17, 15) is 14.7 Å². The van der Waals surface area contributed by atoms with Crippen LogP contribution in [0.5, 0.6) is 5.75 Å². The van der Waals surface area contributed by atoms with Crippen LogP contribution in [0.15, 0.2) is 18.2 Å². The summed E-state index contributed by atoms with van der Waals surface area (Å²) in [6.45, 7) is 1.69. The maximum absolute atomic E-state index is 11.2. The number of phenolic OH excluding ortho intramolecular Hbond substituents is 1. The van der Waals surface area contributed by atoms with Crippen molar-refractivity contribution in [2.24, 2.45) is 0 Å². The zero-order valence-electron chi connectivity index (χ0n) is 9.11. The molecule has 0 fully saturated rings. The molecule has 0 aliphatic carbocycles. The fraction of sp³-hybridized carbons (Fsp3) is 0.273. The van der Waals surface area contributed by atoms with Crippen LogP contribution in [0.4, 0.5) is 5.69 Å². The Morgan fingerprint density at radius 1 is 1.44 bits per heavy atom. The quantitative estimate of drug-likeness (QED) is 0.601. The first-order chi connectivity index (χ1) is 7.60. The zero-order chi connectivity index (χ0) is 12.1. The molecule has 1 amide bonds. The number of rotatable bonds is 3. The number of benzene rings is 1. The van der Waals surface area contributed by atoms with Crippen LogP contribution in [-0.2, 0) is 9.53 Å². The molecular weight excluding hydrogens is 210 g/mol. The van der Waals surface area contributed by atoms with Gasteiger partial charge in [0, 0.05) is 6.42 Å². The molecule has 1 aromatic rings. The largest absolute Gasteiger partial charge is 0.505 e. The van der Waals surface area contributed by atoms with E-state index in [1.807, 2.05) is 0 Å². The van der Waals surface area contributed by atoms with Gasteiger partial charge in [-0.15, -0.1) is 0 Å². The third-order valence-corrected chi connectivity index (χ3v) is 2.04. The molecule has 0 bridgehead atoms. The van der Waals surface area contributed by atoms with Crippen LogP contribution in [0.3, 0.4) is 0 Å². The molecule has 1 rings (SSSR count). The van der Waals surface area contributed by atoms with Gasteiger partial charge in [0.2, 0.25) is 5.91 Å². The maximum Gasteiger partial charge on any atom is 0.341 e. The number of carbonyl (C=O) groups excluding carboxylic acids is 2. The lowest BCUT2D eigenvalue weighted by molar-refractivity contribution is -0.115. The lowest BCUT2D eigenvalue weighted by atomic mass is 10.1. The van der Waals surface area contributed by atoms with Crippen molar-refractivity contribution in [3.8, 4) is 5.75 Å². The molecule has 0 aromatic heterocycles. The maximum atomic E-state index is 11.2. The molecule has 86 valence electrons. The first-order valence-corrected chi connectivity index (χ1v) is 4.80. The summed E-state index contributed by atoms with van der Waals surface area (Å²) >= 11 is 0. The Labute approximate surface area is 93.0 Å². The minimum Gasteiger partial charge on any atom is -0.505 e. The van der Waals surface area contributed by atoms with Crippen molar-refractivity contribution < 1.29 is 19.4 Å². The van der Waals surface area contributed by atoms with Gasteiger partial charge in [-0.1, -0.05) is 13.0 Å². The molecule has 2 N–H and O–H groups in total. The number of aromatic hydroxyl groups is 1. The molecule has 0 aliphatic heterocycles. The Balaban J connectivity index is 3.04. The van der Waals surface area contributed by atoms with Gasteiger partial charge in [-0.2, -0.15) is 0 Å². The standard InChI is InChI=1S/C11H13NO4/c1-3-9(13)12-8-6-4-5-7(10(8)14)11(15)16-2/h4-6,14H,3H2,1-2H3,(H,12,13). The van der Waals surface area contributed by atoms with E-state index in [2.05, 4.69) is 10.1 Å². The molecule has 5 nitrogen and oxygen atoms in total. The van der Waals surface area contributed by atoms with Crippen molar-refractivity contribution in [1.29, 1.82) is 0 Å². The number of anilines is 1. The number of ether oxygens (including phenoxy) is 1. The molecule has 5 heteroatoms. The molecule has 0 radical (unpaired) electrons. The third-order valence-electron chi connectivity index (χ3n) is 2.04. The SMILES string of the molecule is CCC(=O)Nc1cccc(C(=O)OC)c1O. The van der Waals surface area contributed by atoms with Crippen LogP contribution in [0.25, 0.3) is 0 Å². The van der Waals surface area contributed by atoms with Crippen molar-refractivity contribution in [3.63, 3.8) is 0 Å². The van der Waals surface area contributed by atoms with E-state index in [4.69, 9.17) is 0 Å². The highest BCUT2D eigenvalue weighted by molar-refractivity contribution is 5.98. The number of para-hydroxylation sites is 1. The normalized spacial score (nSPS) is 9.62. The second-order valence-electron chi connectivity index (χ2n) is 3.10. The summed E-state index contributed by atoms with van der Waals surface area (Å²) in [6.07, 6.45) is 0.294. The van der Waals surface area contributed by atoms with Gasteiger partial charge in [0.15, 0.2) is 5.75 Å². The molecule has 0 spiro atoms. The number of nitrogens with one attached hydrogen (secondary N) is 1. The van der Waals surface area contributed by atoms with Gasteiger partial charge in [0.25, 0.3) is 0 Å². The Morgan fingerprint density at radius 2 is 2.12 bits per heavy atom. The average molecular weight is 223 g/mol. The average Bonchev–Trinajstić information content (AvgIpc) is 2.30. The second-order valence-corrected chi connectivity index (χ2v) is 3.10. The summed E-state index contributed by atoms with van der Waals surface area (Å²) in [5.41, 5.74) is 0.228. The van der Waals surface area contributed by atoms with Crippen molar-refractivity contribution in [3.05, 3.63) is 23.8 Å². The van der Waals surface area contributed by atoms with Gasteiger partial charge in [-0.3, -0.25) is 4.79 Å². The van der Waals surface area contributed by atoms with Crippen LogP contribution >= 0.6 is 0 Å². The lowest BCUT2D eigenvalue weighted by Crippen LogP contribution is -2.11. The summed E-state index contributed by atoms with van der Waals surface area (Å²) in [5.74, 6) is -1.17. The van der Waals surface area contributed by atoms with E-state index >= 15 is 0 Å². The fourth-order valence-electron chi connectivity index (χ4n) is 1.16. The van der Waals surface area contributed by atoms with Gasteiger partial charge in [-0.25, -0.2) is 4.79 Å². The molecule has 0 heterocycles. The van der Waals surface area contributed by atoms with E-state index in [0.29, 0.717) is 6.42 Å². The van der Waals surface area contributed by atoms with Gasteiger partial charge in [0.05, 0.1) is 12.8 Å². The topological polar surface area (TPSA) is 75.6 Å². The van der Waals surface area contributed by atoms with Crippen LogP contribution in [-0.4, -0.2) is 24.1 Å². The molecule has 0 unspecified atom stereocenters. The number of amides is 1. The summed E-state index contributed by atoms with van der Waals surface area (Å²) < 4.78 is 4.49. The van der Waals surface area contributed by atoms with Gasteiger partial charge in [0.1, 0.15) is 5.56 Å². The van der Waals surface area contributed by atoms with Crippen LogP contribution in [0.1, 0.15) is 23.7 Å². The van der Waals surface area contributed by atoms with Crippen molar-refractivity contribution >= 4 is 17.6 Å². The predicted molar refractivity (Wildman–Crippen MR) is 58.4 cm³/mol. The first kappa shape index (κ1) is 12.0. The van der Waals surface area contributed by atoms with E-state index in [-0.39, 0.29) is 22.9 Å². The van der Waals surface area contributed by atoms with Gasteiger partial charge in [-0.05, 0) is 12.1 Å². The summed E-state index contributed by atoms with van der Waals surface area (Å²) in [5, 5.41) is 12.2. The number of phenols is 1. The molecule has 0 atom stereocenters.